The minimum absolute atomic E-state index is 0.601. The van der Waals surface area contributed by atoms with E-state index >= 15 is 0 Å². The van der Waals surface area contributed by atoms with Crippen molar-refractivity contribution in [1.82, 2.24) is 0 Å². The zero-order valence-corrected chi connectivity index (χ0v) is 5.96. The second-order valence-corrected chi connectivity index (χ2v) is 2.70. The van der Waals surface area contributed by atoms with E-state index in [1.54, 1.807) is 0 Å². The molecule has 0 bridgehead atoms. The molecule has 10 heavy (non-hydrogen) atoms. The molecule has 0 fully saturated rings. The summed E-state index contributed by atoms with van der Waals surface area (Å²) in [5, 5.41) is 0. The first kappa shape index (κ1) is 5.72. The zero-order valence-electron chi connectivity index (χ0n) is 5.96. The molecule has 0 aliphatic heterocycles. The Balaban J connectivity index is 2.59. The molecule has 0 nitrogen and oxygen atoms in total. The molecule has 0 saturated carbocycles. The Hall–Kier alpha value is -1.04. The van der Waals surface area contributed by atoms with E-state index in [9.17, 15) is 0 Å². The zero-order chi connectivity index (χ0) is 6.97. The smallest absolute Gasteiger partial charge is 0.000117 e. The lowest BCUT2D eigenvalue weighted by molar-refractivity contribution is 0.990. The maximum absolute atomic E-state index is 3.06. The van der Waals surface area contributed by atoms with Crippen LogP contribution in [0, 0.1) is 6.07 Å². The Morgan fingerprint density at radius 1 is 1.50 bits per heavy atom. The van der Waals surface area contributed by atoms with Crippen LogP contribution < -0.4 is 0 Å². The summed E-state index contributed by atoms with van der Waals surface area (Å²) in [6.07, 6.45) is 4.38. The van der Waals surface area contributed by atoms with Gasteiger partial charge in [-0.3, -0.25) is 0 Å². The quantitative estimate of drug-likeness (QED) is 0.505. The van der Waals surface area contributed by atoms with Crippen LogP contribution in [0.4, 0.5) is 0 Å². The summed E-state index contributed by atoms with van der Waals surface area (Å²) < 4.78 is 0. The Kier molecular flexibility index (Phi) is 1.13. The van der Waals surface area contributed by atoms with E-state index in [4.69, 9.17) is 0 Å². The molecule has 1 aromatic rings. The molecule has 0 saturated heterocycles. The SMILES string of the molecule is CC1C=Cc2c[c]ccc21. The third kappa shape index (κ3) is 0.688. The van der Waals surface area contributed by atoms with Crippen molar-refractivity contribution in [3.63, 3.8) is 0 Å². The van der Waals surface area contributed by atoms with Gasteiger partial charge < -0.3 is 0 Å². The first-order valence-electron chi connectivity index (χ1n) is 3.56. The van der Waals surface area contributed by atoms with Crippen molar-refractivity contribution in [2.24, 2.45) is 0 Å². The minimum atomic E-state index is 0.601. The summed E-state index contributed by atoms with van der Waals surface area (Å²) in [4.78, 5) is 0. The molecule has 49 valence electrons. The van der Waals surface area contributed by atoms with Gasteiger partial charge in [-0.2, -0.15) is 0 Å². The fourth-order valence-electron chi connectivity index (χ4n) is 1.37. The van der Waals surface area contributed by atoms with Crippen LogP contribution in [0.15, 0.2) is 24.3 Å². The summed E-state index contributed by atoms with van der Waals surface area (Å²) in [7, 11) is 0. The third-order valence-corrected chi connectivity index (χ3v) is 1.99. The van der Waals surface area contributed by atoms with Gasteiger partial charge in [-0.25, -0.2) is 0 Å². The summed E-state index contributed by atoms with van der Waals surface area (Å²) in [5.74, 6) is 0.601. The number of allylic oxidation sites excluding steroid dienone is 1. The van der Waals surface area contributed by atoms with Crippen molar-refractivity contribution >= 4 is 6.08 Å². The average molecular weight is 129 g/mol. The predicted octanol–water partition coefficient (Wildman–Crippen LogP) is 2.62. The number of hydrogen-bond donors (Lipinski definition) is 0. The molecule has 0 heteroatoms. The first-order chi connectivity index (χ1) is 4.88. The summed E-state index contributed by atoms with van der Waals surface area (Å²) in [6.45, 7) is 2.21. The van der Waals surface area contributed by atoms with Crippen molar-refractivity contribution in [2.75, 3.05) is 0 Å². The largest absolute Gasteiger partial charge is 0.0767 e. The van der Waals surface area contributed by atoms with Crippen LogP contribution in [-0.4, -0.2) is 0 Å². The van der Waals surface area contributed by atoms with Gasteiger partial charge in [0.2, 0.25) is 0 Å². The molecule has 1 atom stereocenters. The highest BCUT2D eigenvalue weighted by atomic mass is 14.1. The lowest BCUT2D eigenvalue weighted by Gasteiger charge is -2.01. The van der Waals surface area contributed by atoms with Crippen LogP contribution in [0.3, 0.4) is 0 Å². The fourth-order valence-corrected chi connectivity index (χ4v) is 1.37. The van der Waals surface area contributed by atoms with E-state index in [1.165, 1.54) is 11.1 Å². The van der Waals surface area contributed by atoms with Gasteiger partial charge in [-0.05, 0) is 29.2 Å². The minimum Gasteiger partial charge on any atom is -0.0767 e. The Bertz CT molecular complexity index is 271. The van der Waals surface area contributed by atoms with Gasteiger partial charge in [0.1, 0.15) is 0 Å². The Morgan fingerprint density at radius 3 is 3.20 bits per heavy atom. The Morgan fingerprint density at radius 2 is 2.40 bits per heavy atom. The van der Waals surface area contributed by atoms with Gasteiger partial charge in [0, 0.05) is 0 Å². The third-order valence-electron chi connectivity index (χ3n) is 1.99. The molecule has 0 N–H and O–H groups in total. The molecule has 1 aliphatic carbocycles. The Labute approximate surface area is 61.2 Å². The maximum atomic E-state index is 3.06. The van der Waals surface area contributed by atoms with Gasteiger partial charge in [-0.15, -0.1) is 0 Å². The van der Waals surface area contributed by atoms with Crippen molar-refractivity contribution in [3.05, 3.63) is 41.5 Å². The van der Waals surface area contributed by atoms with Crippen LogP contribution in [0.2, 0.25) is 0 Å². The highest BCUT2D eigenvalue weighted by molar-refractivity contribution is 5.61. The van der Waals surface area contributed by atoms with Crippen LogP contribution >= 0.6 is 0 Å². The normalized spacial score (nSPS) is 21.1. The molecule has 0 amide bonds. The van der Waals surface area contributed by atoms with Crippen molar-refractivity contribution in [2.45, 2.75) is 12.8 Å². The molecule has 0 aromatic heterocycles. The molecule has 1 radical (unpaired) electrons. The van der Waals surface area contributed by atoms with E-state index < -0.39 is 0 Å². The first-order valence-corrected chi connectivity index (χ1v) is 3.56. The highest BCUT2D eigenvalue weighted by Crippen LogP contribution is 2.28. The topological polar surface area (TPSA) is 0 Å². The van der Waals surface area contributed by atoms with Crippen LogP contribution in [-0.2, 0) is 0 Å². The summed E-state index contributed by atoms with van der Waals surface area (Å²) in [5.41, 5.74) is 2.76. The number of rotatable bonds is 0. The molecule has 0 heterocycles. The second-order valence-electron chi connectivity index (χ2n) is 2.70. The van der Waals surface area contributed by atoms with Gasteiger partial charge >= 0.3 is 0 Å². The maximum Gasteiger partial charge on any atom is -0.000117 e. The standard InChI is InChI=1S/C10H9/c1-8-6-7-9-4-2-3-5-10(8)9/h3-8H,1H3. The van der Waals surface area contributed by atoms with Gasteiger partial charge in [-0.1, -0.05) is 31.2 Å². The van der Waals surface area contributed by atoms with E-state index in [0.717, 1.165) is 0 Å². The number of hydrogen-bond acceptors (Lipinski definition) is 0. The fraction of sp³-hybridized carbons (Fsp3) is 0.200. The highest BCUT2D eigenvalue weighted by Gasteiger charge is 2.10. The average Bonchev–Trinajstić information content (AvgIpc) is 2.34. The lowest BCUT2D eigenvalue weighted by Crippen LogP contribution is -1.84. The summed E-state index contributed by atoms with van der Waals surface area (Å²) >= 11 is 0. The summed E-state index contributed by atoms with van der Waals surface area (Å²) in [6, 6.07) is 9.21. The lowest BCUT2D eigenvalue weighted by atomic mass is 10.0. The van der Waals surface area contributed by atoms with E-state index in [0.29, 0.717) is 5.92 Å². The van der Waals surface area contributed by atoms with Gasteiger partial charge in [0.25, 0.3) is 0 Å². The molecule has 1 aromatic carbocycles. The van der Waals surface area contributed by atoms with Gasteiger partial charge in [0.05, 0.1) is 0 Å². The van der Waals surface area contributed by atoms with Crippen LogP contribution in [0.1, 0.15) is 24.0 Å². The van der Waals surface area contributed by atoms with E-state index in [-0.39, 0.29) is 0 Å². The molecule has 1 unspecified atom stereocenters. The molecule has 1 aliphatic rings. The molecular weight excluding hydrogens is 120 g/mol. The van der Waals surface area contributed by atoms with Gasteiger partial charge in [0.15, 0.2) is 0 Å². The van der Waals surface area contributed by atoms with E-state index in [1.807, 2.05) is 12.1 Å². The van der Waals surface area contributed by atoms with Crippen molar-refractivity contribution < 1.29 is 0 Å². The number of fused-ring (bicyclic) bond motifs is 1. The molecular formula is C10H9. The second kappa shape index (κ2) is 1.98. The van der Waals surface area contributed by atoms with E-state index in [2.05, 4.69) is 31.2 Å². The van der Waals surface area contributed by atoms with Crippen LogP contribution in [0.5, 0.6) is 0 Å². The monoisotopic (exact) mass is 129 g/mol. The molecule has 0 spiro atoms. The van der Waals surface area contributed by atoms with Crippen molar-refractivity contribution in [3.8, 4) is 0 Å². The molecule has 2 rings (SSSR count). The predicted molar refractivity (Wildman–Crippen MR) is 42.7 cm³/mol. The van der Waals surface area contributed by atoms with Crippen LogP contribution in [0.25, 0.3) is 6.08 Å². The number of benzene rings is 1. The van der Waals surface area contributed by atoms with Crippen molar-refractivity contribution in [1.29, 1.82) is 0 Å².